The Morgan fingerprint density at radius 2 is 1.30 bits per heavy atom. The van der Waals surface area contributed by atoms with Gasteiger partial charge in [-0.1, -0.05) is 11.6 Å². The number of aromatic nitrogens is 2. The molecule has 0 bridgehead atoms. The molecule has 0 saturated carbocycles. The van der Waals surface area contributed by atoms with Gasteiger partial charge in [0, 0.05) is 42.3 Å². The zero-order valence-electron chi connectivity index (χ0n) is 14.4. The van der Waals surface area contributed by atoms with Crippen LogP contribution in [0.5, 0.6) is 0 Å². The fraction of sp³-hybridized carbons (Fsp3) is 0.211. The van der Waals surface area contributed by atoms with Gasteiger partial charge in [0.25, 0.3) is 11.8 Å². The lowest BCUT2D eigenvalue weighted by Gasteiger charge is -2.34. The number of imidazole rings is 1. The first kappa shape index (κ1) is 17.4. The summed E-state index contributed by atoms with van der Waals surface area (Å²) in [5.74, 6) is -0.178. The zero-order chi connectivity index (χ0) is 19.0. The molecule has 0 aliphatic carbocycles. The summed E-state index contributed by atoms with van der Waals surface area (Å²) in [6, 6.07) is 11.9. The molecular formula is C19H17ClN4O3. The average molecular weight is 385 g/mol. The van der Waals surface area contributed by atoms with E-state index in [1.807, 2.05) is 0 Å². The molecule has 1 saturated heterocycles. The number of piperazine rings is 1. The maximum absolute atomic E-state index is 12.7. The van der Waals surface area contributed by atoms with E-state index in [0.717, 1.165) is 0 Å². The van der Waals surface area contributed by atoms with Crippen molar-refractivity contribution in [1.82, 2.24) is 19.8 Å². The van der Waals surface area contributed by atoms with E-state index >= 15 is 0 Å². The predicted molar refractivity (Wildman–Crippen MR) is 102 cm³/mol. The summed E-state index contributed by atoms with van der Waals surface area (Å²) in [6.07, 6.45) is 0. The van der Waals surface area contributed by atoms with E-state index in [1.54, 1.807) is 52.3 Å². The molecular weight excluding hydrogens is 368 g/mol. The molecule has 7 nitrogen and oxygen atoms in total. The van der Waals surface area contributed by atoms with Gasteiger partial charge in [-0.25, -0.2) is 4.79 Å². The van der Waals surface area contributed by atoms with Gasteiger partial charge in [0.15, 0.2) is 0 Å². The smallest absolute Gasteiger partial charge is 0.323 e. The van der Waals surface area contributed by atoms with E-state index in [1.165, 1.54) is 0 Å². The van der Waals surface area contributed by atoms with E-state index in [0.29, 0.717) is 53.4 Å². The first-order chi connectivity index (χ1) is 13.0. The molecule has 1 aliphatic rings. The molecule has 0 radical (unpaired) electrons. The Balaban J connectivity index is 1.43. The number of carbonyl (C=O) groups is 2. The Bertz CT molecular complexity index is 1060. The lowest BCUT2D eigenvalue weighted by molar-refractivity contribution is 0.0535. The van der Waals surface area contributed by atoms with Gasteiger partial charge >= 0.3 is 5.69 Å². The van der Waals surface area contributed by atoms with E-state index in [9.17, 15) is 14.4 Å². The molecule has 4 rings (SSSR count). The quantitative estimate of drug-likeness (QED) is 0.709. The van der Waals surface area contributed by atoms with Crippen LogP contribution in [0.4, 0.5) is 0 Å². The fourth-order valence-electron chi connectivity index (χ4n) is 3.24. The van der Waals surface area contributed by atoms with Crippen LogP contribution < -0.4 is 5.69 Å². The van der Waals surface area contributed by atoms with Gasteiger partial charge in [0.1, 0.15) is 0 Å². The lowest BCUT2D eigenvalue weighted by atomic mass is 10.1. The summed E-state index contributed by atoms with van der Waals surface area (Å²) in [6.45, 7) is 1.85. The maximum Gasteiger partial charge on any atom is 0.323 e. The van der Waals surface area contributed by atoms with E-state index in [4.69, 9.17) is 11.6 Å². The van der Waals surface area contributed by atoms with E-state index in [-0.39, 0.29) is 17.5 Å². The number of halogens is 1. The summed E-state index contributed by atoms with van der Waals surface area (Å²) in [4.78, 5) is 45.4. The molecule has 0 unspecified atom stereocenters. The van der Waals surface area contributed by atoms with Gasteiger partial charge < -0.3 is 19.8 Å². The van der Waals surface area contributed by atoms with Crippen molar-refractivity contribution in [3.8, 4) is 0 Å². The molecule has 138 valence electrons. The van der Waals surface area contributed by atoms with Crippen LogP contribution in [-0.2, 0) is 0 Å². The van der Waals surface area contributed by atoms with Crippen molar-refractivity contribution in [3.63, 3.8) is 0 Å². The van der Waals surface area contributed by atoms with Crippen LogP contribution in [0.1, 0.15) is 20.7 Å². The van der Waals surface area contributed by atoms with E-state index < -0.39 is 0 Å². The summed E-state index contributed by atoms with van der Waals surface area (Å²) < 4.78 is 0. The number of nitrogens with zero attached hydrogens (tertiary/aromatic N) is 2. The molecule has 27 heavy (non-hydrogen) atoms. The van der Waals surface area contributed by atoms with Gasteiger partial charge in [-0.05, 0) is 42.5 Å². The molecule has 0 atom stereocenters. The molecule has 2 N–H and O–H groups in total. The van der Waals surface area contributed by atoms with E-state index in [2.05, 4.69) is 9.97 Å². The number of hydrogen-bond donors (Lipinski definition) is 2. The summed E-state index contributed by atoms with van der Waals surface area (Å²) in [5, 5.41) is 0.586. The van der Waals surface area contributed by atoms with Crippen molar-refractivity contribution in [2.24, 2.45) is 0 Å². The van der Waals surface area contributed by atoms with Crippen molar-refractivity contribution in [2.45, 2.75) is 0 Å². The normalized spacial score (nSPS) is 14.6. The number of amides is 2. The highest BCUT2D eigenvalue weighted by atomic mass is 35.5. The van der Waals surface area contributed by atoms with Crippen molar-refractivity contribution < 1.29 is 9.59 Å². The topological polar surface area (TPSA) is 89.3 Å². The molecule has 1 aromatic heterocycles. The largest absolute Gasteiger partial charge is 0.335 e. The van der Waals surface area contributed by atoms with Crippen molar-refractivity contribution in [2.75, 3.05) is 26.2 Å². The van der Waals surface area contributed by atoms with Gasteiger partial charge in [-0.3, -0.25) is 9.59 Å². The molecule has 2 heterocycles. The molecule has 3 aromatic rings. The molecule has 2 amide bonds. The Morgan fingerprint density at radius 1 is 0.778 bits per heavy atom. The number of carbonyl (C=O) groups excluding carboxylic acids is 2. The number of benzene rings is 2. The second-order valence-electron chi connectivity index (χ2n) is 6.43. The third-order valence-corrected chi connectivity index (χ3v) is 4.96. The van der Waals surface area contributed by atoms with Gasteiger partial charge in [0.2, 0.25) is 0 Å². The number of rotatable bonds is 2. The highest BCUT2D eigenvalue weighted by molar-refractivity contribution is 6.30. The Morgan fingerprint density at radius 3 is 1.93 bits per heavy atom. The minimum Gasteiger partial charge on any atom is -0.335 e. The standard InChI is InChI=1S/C19H17ClN4O3/c20-14-4-1-12(2-5-14)17(25)23-7-9-24(10-8-23)18(26)13-3-6-15-16(11-13)22-19(27)21-15/h1-6,11H,7-10H2,(H2,21,22,27). The van der Waals surface area contributed by atoms with Crippen LogP contribution >= 0.6 is 11.6 Å². The van der Waals surface area contributed by atoms with Crippen LogP contribution in [-0.4, -0.2) is 57.8 Å². The fourth-order valence-corrected chi connectivity index (χ4v) is 3.36. The molecule has 1 fully saturated rings. The van der Waals surface area contributed by atoms with Crippen molar-refractivity contribution in [3.05, 3.63) is 69.1 Å². The average Bonchev–Trinajstić information content (AvgIpc) is 3.07. The first-order valence-corrected chi connectivity index (χ1v) is 8.95. The minimum atomic E-state index is -0.302. The SMILES string of the molecule is O=C(c1ccc(Cl)cc1)N1CCN(C(=O)c2ccc3[nH]c(=O)[nH]c3c2)CC1. The third kappa shape index (κ3) is 3.46. The summed E-state index contributed by atoms with van der Waals surface area (Å²) in [7, 11) is 0. The van der Waals surface area contributed by atoms with Gasteiger partial charge in [0.05, 0.1) is 11.0 Å². The Kier molecular flexibility index (Phi) is 4.45. The third-order valence-electron chi connectivity index (χ3n) is 4.71. The Hall–Kier alpha value is -3.06. The second kappa shape index (κ2) is 6.92. The highest BCUT2D eigenvalue weighted by Gasteiger charge is 2.25. The maximum atomic E-state index is 12.7. The number of aromatic amines is 2. The highest BCUT2D eigenvalue weighted by Crippen LogP contribution is 2.16. The van der Waals surface area contributed by atoms with Crippen LogP contribution in [0.2, 0.25) is 5.02 Å². The predicted octanol–water partition coefficient (Wildman–Crippen LogP) is 2.11. The monoisotopic (exact) mass is 384 g/mol. The number of nitrogens with one attached hydrogen (secondary N) is 2. The van der Waals surface area contributed by atoms with Gasteiger partial charge in [-0.15, -0.1) is 0 Å². The zero-order valence-corrected chi connectivity index (χ0v) is 15.1. The number of fused-ring (bicyclic) bond motifs is 1. The van der Waals surface area contributed by atoms with Gasteiger partial charge in [-0.2, -0.15) is 0 Å². The molecule has 0 spiro atoms. The first-order valence-electron chi connectivity index (χ1n) is 8.57. The van der Waals surface area contributed by atoms with Crippen LogP contribution in [0, 0.1) is 0 Å². The number of H-pyrrole nitrogens is 2. The number of hydrogen-bond acceptors (Lipinski definition) is 3. The summed E-state index contributed by atoms with van der Waals surface area (Å²) in [5.41, 5.74) is 2.05. The molecule has 2 aromatic carbocycles. The second-order valence-corrected chi connectivity index (χ2v) is 6.87. The van der Waals surface area contributed by atoms with Crippen molar-refractivity contribution >= 4 is 34.4 Å². The lowest BCUT2D eigenvalue weighted by Crippen LogP contribution is -2.50. The minimum absolute atomic E-state index is 0.0647. The van der Waals surface area contributed by atoms with Crippen LogP contribution in [0.15, 0.2) is 47.3 Å². The Labute approximate surface area is 159 Å². The molecule has 8 heteroatoms. The van der Waals surface area contributed by atoms with Crippen LogP contribution in [0.3, 0.4) is 0 Å². The molecule has 1 aliphatic heterocycles. The van der Waals surface area contributed by atoms with Crippen molar-refractivity contribution in [1.29, 1.82) is 0 Å². The van der Waals surface area contributed by atoms with Crippen LogP contribution in [0.25, 0.3) is 11.0 Å². The summed E-state index contributed by atoms with van der Waals surface area (Å²) >= 11 is 5.86.